The number of hydrogen-bond acceptors (Lipinski definition) is 0. The van der Waals surface area contributed by atoms with Crippen LogP contribution in [0.25, 0.3) is 0 Å². The van der Waals surface area contributed by atoms with Gasteiger partial charge in [-0.3, -0.25) is 0 Å². The first-order chi connectivity index (χ1) is 5.20. The Labute approximate surface area is 75.6 Å². The molecule has 0 radical (unpaired) electrons. The van der Waals surface area contributed by atoms with Crippen molar-refractivity contribution in [2.75, 3.05) is 0 Å². The van der Waals surface area contributed by atoms with Gasteiger partial charge in [-0.1, -0.05) is 19.9 Å². The zero-order valence-corrected chi connectivity index (χ0v) is 8.57. The van der Waals surface area contributed by atoms with Crippen molar-refractivity contribution in [1.82, 2.24) is 0 Å². The van der Waals surface area contributed by atoms with Crippen molar-refractivity contribution in [3.05, 3.63) is 34.1 Å². The van der Waals surface area contributed by atoms with Crippen molar-refractivity contribution in [3.63, 3.8) is 0 Å². The minimum Gasteiger partial charge on any atom is -0.206 e. The van der Waals surface area contributed by atoms with E-state index in [1.54, 1.807) is 12.1 Å². The van der Waals surface area contributed by atoms with E-state index in [1.165, 1.54) is 6.07 Å². The number of hydrogen-bond donors (Lipinski definition) is 0. The zero-order chi connectivity index (χ0) is 8.85. The summed E-state index contributed by atoms with van der Waals surface area (Å²) in [6.45, 7) is 5.92. The van der Waals surface area contributed by atoms with Gasteiger partial charge in [-0.15, -0.1) is 0 Å². The lowest BCUT2D eigenvalue weighted by atomic mass is 10.2. The molecular formula is C9H12BrF. The van der Waals surface area contributed by atoms with Crippen molar-refractivity contribution < 1.29 is 4.39 Å². The molecule has 1 rings (SSSR count). The fourth-order valence-corrected chi connectivity index (χ4v) is 1.09. The molecule has 0 heterocycles. The molecule has 11 heavy (non-hydrogen) atoms. The van der Waals surface area contributed by atoms with Crippen LogP contribution in [0.4, 0.5) is 4.39 Å². The standard InChI is InChI=1S/C7H6BrF.C2H6/c1-5-2-3-7(9)6(8)4-5;1-2/h2-4H,1H3;1-2H3. The van der Waals surface area contributed by atoms with Crippen molar-refractivity contribution in [2.45, 2.75) is 20.8 Å². The van der Waals surface area contributed by atoms with Crippen LogP contribution in [-0.2, 0) is 0 Å². The van der Waals surface area contributed by atoms with E-state index in [2.05, 4.69) is 15.9 Å². The molecule has 62 valence electrons. The van der Waals surface area contributed by atoms with Gasteiger partial charge in [-0.25, -0.2) is 4.39 Å². The van der Waals surface area contributed by atoms with Gasteiger partial charge in [0, 0.05) is 0 Å². The monoisotopic (exact) mass is 218 g/mol. The summed E-state index contributed by atoms with van der Waals surface area (Å²) in [5, 5.41) is 0. The second kappa shape index (κ2) is 5.30. The highest BCUT2D eigenvalue weighted by Gasteiger charge is 1.94. The summed E-state index contributed by atoms with van der Waals surface area (Å²) in [5.74, 6) is -0.208. The van der Waals surface area contributed by atoms with Gasteiger partial charge in [-0.2, -0.15) is 0 Å². The van der Waals surface area contributed by atoms with E-state index in [4.69, 9.17) is 0 Å². The molecule has 0 saturated heterocycles. The average Bonchev–Trinajstić information content (AvgIpc) is 2.02. The maximum absolute atomic E-state index is 12.5. The highest BCUT2D eigenvalue weighted by atomic mass is 79.9. The van der Waals surface area contributed by atoms with Crippen LogP contribution in [-0.4, -0.2) is 0 Å². The van der Waals surface area contributed by atoms with E-state index in [0.717, 1.165) is 5.56 Å². The second-order valence-electron chi connectivity index (χ2n) is 1.92. The van der Waals surface area contributed by atoms with Gasteiger partial charge >= 0.3 is 0 Å². The first kappa shape index (κ1) is 10.6. The molecule has 0 unspecified atom stereocenters. The third-order valence-corrected chi connectivity index (χ3v) is 1.68. The van der Waals surface area contributed by atoms with Crippen LogP contribution in [0.5, 0.6) is 0 Å². The third-order valence-electron chi connectivity index (χ3n) is 1.08. The van der Waals surface area contributed by atoms with E-state index >= 15 is 0 Å². The molecular weight excluding hydrogens is 207 g/mol. The summed E-state index contributed by atoms with van der Waals surface area (Å²) < 4.78 is 13.0. The predicted molar refractivity (Wildman–Crippen MR) is 50.2 cm³/mol. The number of rotatable bonds is 0. The molecule has 0 amide bonds. The van der Waals surface area contributed by atoms with Crippen LogP contribution in [0, 0.1) is 12.7 Å². The summed E-state index contributed by atoms with van der Waals surface area (Å²) >= 11 is 3.07. The Morgan fingerprint density at radius 2 is 1.82 bits per heavy atom. The van der Waals surface area contributed by atoms with Crippen molar-refractivity contribution >= 4 is 15.9 Å². The summed E-state index contributed by atoms with van der Waals surface area (Å²) in [5.41, 5.74) is 1.06. The third kappa shape index (κ3) is 3.51. The maximum atomic E-state index is 12.5. The normalized spacial score (nSPS) is 8.45. The average molecular weight is 219 g/mol. The van der Waals surface area contributed by atoms with E-state index in [0.29, 0.717) is 4.47 Å². The fourth-order valence-electron chi connectivity index (χ4n) is 0.601. The molecule has 2 heteroatoms. The number of aryl methyl sites for hydroxylation is 1. The first-order valence-electron chi connectivity index (χ1n) is 3.62. The topological polar surface area (TPSA) is 0 Å². The lowest BCUT2D eigenvalue weighted by molar-refractivity contribution is 0.620. The van der Waals surface area contributed by atoms with Crippen molar-refractivity contribution in [1.29, 1.82) is 0 Å². The molecule has 1 aromatic carbocycles. The van der Waals surface area contributed by atoms with Gasteiger partial charge in [0.2, 0.25) is 0 Å². The molecule has 0 nitrogen and oxygen atoms in total. The zero-order valence-electron chi connectivity index (χ0n) is 6.99. The Morgan fingerprint density at radius 3 is 2.18 bits per heavy atom. The Hall–Kier alpha value is -0.370. The summed E-state index contributed by atoms with van der Waals surface area (Å²) in [6.07, 6.45) is 0. The molecule has 0 aromatic heterocycles. The Kier molecular flexibility index (Phi) is 5.12. The quantitative estimate of drug-likeness (QED) is 0.620. The minimum absolute atomic E-state index is 0.208. The van der Waals surface area contributed by atoms with Gasteiger partial charge < -0.3 is 0 Å². The molecule has 0 N–H and O–H groups in total. The molecule has 0 aliphatic rings. The number of benzene rings is 1. The molecule has 0 saturated carbocycles. The lowest BCUT2D eigenvalue weighted by Gasteiger charge is -1.93. The van der Waals surface area contributed by atoms with Crippen LogP contribution < -0.4 is 0 Å². The SMILES string of the molecule is CC.Cc1ccc(F)c(Br)c1. The lowest BCUT2D eigenvalue weighted by Crippen LogP contribution is -1.76. The van der Waals surface area contributed by atoms with Gasteiger partial charge in [-0.05, 0) is 40.5 Å². The molecule has 0 atom stereocenters. The van der Waals surface area contributed by atoms with Crippen molar-refractivity contribution in [2.24, 2.45) is 0 Å². The van der Waals surface area contributed by atoms with Gasteiger partial charge in [0.05, 0.1) is 4.47 Å². The molecule has 0 aliphatic heterocycles. The molecule has 0 spiro atoms. The second-order valence-corrected chi connectivity index (χ2v) is 2.77. The minimum atomic E-state index is -0.208. The highest BCUT2D eigenvalue weighted by molar-refractivity contribution is 9.10. The first-order valence-corrected chi connectivity index (χ1v) is 4.41. The molecule has 0 fully saturated rings. The van der Waals surface area contributed by atoms with Crippen LogP contribution in [0.2, 0.25) is 0 Å². The van der Waals surface area contributed by atoms with Gasteiger partial charge in [0.15, 0.2) is 0 Å². The highest BCUT2D eigenvalue weighted by Crippen LogP contribution is 2.15. The summed E-state index contributed by atoms with van der Waals surface area (Å²) in [6, 6.07) is 4.93. The summed E-state index contributed by atoms with van der Waals surface area (Å²) in [7, 11) is 0. The Bertz CT molecular complexity index is 221. The predicted octanol–water partition coefficient (Wildman–Crippen LogP) is 3.92. The fraction of sp³-hybridized carbons (Fsp3) is 0.333. The largest absolute Gasteiger partial charge is 0.206 e. The summed E-state index contributed by atoms with van der Waals surface area (Å²) in [4.78, 5) is 0. The van der Waals surface area contributed by atoms with E-state index in [9.17, 15) is 4.39 Å². The smallest absolute Gasteiger partial charge is 0.137 e. The van der Waals surface area contributed by atoms with E-state index in [-0.39, 0.29) is 5.82 Å². The Balaban J connectivity index is 0.000000461. The van der Waals surface area contributed by atoms with E-state index < -0.39 is 0 Å². The van der Waals surface area contributed by atoms with Crippen LogP contribution in [0.3, 0.4) is 0 Å². The van der Waals surface area contributed by atoms with Crippen LogP contribution >= 0.6 is 15.9 Å². The van der Waals surface area contributed by atoms with Crippen molar-refractivity contribution in [3.8, 4) is 0 Å². The van der Waals surface area contributed by atoms with Gasteiger partial charge in [0.1, 0.15) is 5.82 Å². The molecule has 0 aliphatic carbocycles. The Morgan fingerprint density at radius 1 is 1.27 bits per heavy atom. The number of halogens is 2. The van der Waals surface area contributed by atoms with E-state index in [1.807, 2.05) is 20.8 Å². The van der Waals surface area contributed by atoms with Crippen LogP contribution in [0.15, 0.2) is 22.7 Å². The van der Waals surface area contributed by atoms with Crippen LogP contribution in [0.1, 0.15) is 19.4 Å². The molecule has 0 bridgehead atoms. The molecule has 1 aromatic rings. The maximum Gasteiger partial charge on any atom is 0.137 e. The van der Waals surface area contributed by atoms with Gasteiger partial charge in [0.25, 0.3) is 0 Å².